The highest BCUT2D eigenvalue weighted by Crippen LogP contribution is 2.58. The predicted octanol–water partition coefficient (Wildman–Crippen LogP) is 12.7. The smallest absolute Gasteiger partial charge is 0.160 e. The van der Waals surface area contributed by atoms with Crippen molar-refractivity contribution in [1.82, 2.24) is 14.5 Å². The van der Waals surface area contributed by atoms with Gasteiger partial charge in [-0.3, -0.25) is 0 Å². The van der Waals surface area contributed by atoms with Crippen LogP contribution in [0.1, 0.15) is 25.0 Å². The minimum absolute atomic E-state index is 0.194. The van der Waals surface area contributed by atoms with Gasteiger partial charge in [0.2, 0.25) is 0 Å². The number of hydrogen-bond donors (Lipinski definition) is 0. The van der Waals surface area contributed by atoms with Gasteiger partial charge in [0.05, 0.1) is 22.2 Å². The predicted molar refractivity (Wildman–Crippen MR) is 215 cm³/mol. The lowest BCUT2D eigenvalue weighted by molar-refractivity contribution is 0.664. The number of fused-ring (bicyclic) bond motifs is 13. The molecular weight excluding hydrogens is 639 g/mol. The summed E-state index contributed by atoms with van der Waals surface area (Å²) in [6.45, 7) is 4.81. The largest absolute Gasteiger partial charge is 0.309 e. The zero-order chi connectivity index (χ0) is 33.8. The summed E-state index contributed by atoms with van der Waals surface area (Å²) in [4.78, 5) is 10.2. The topological polar surface area (TPSA) is 30.7 Å². The fraction of sp³-hybridized carbons (Fsp3) is 0.0638. The van der Waals surface area contributed by atoms with Crippen molar-refractivity contribution in [1.29, 1.82) is 0 Å². The van der Waals surface area contributed by atoms with Crippen molar-refractivity contribution in [2.24, 2.45) is 0 Å². The maximum absolute atomic E-state index is 5.16. The van der Waals surface area contributed by atoms with Crippen molar-refractivity contribution in [3.63, 3.8) is 0 Å². The number of nitrogens with zero attached hydrogens (tertiary/aromatic N) is 3. The van der Waals surface area contributed by atoms with Crippen molar-refractivity contribution in [3.8, 4) is 39.5 Å². The summed E-state index contributed by atoms with van der Waals surface area (Å²) in [5.74, 6) is 0.728. The molecule has 3 nitrogen and oxygen atoms in total. The van der Waals surface area contributed by atoms with E-state index in [1.165, 1.54) is 64.2 Å². The average Bonchev–Trinajstić information content (AvgIpc) is 3.80. The monoisotopic (exact) mass is 669 g/mol. The quantitative estimate of drug-likeness (QED) is 0.187. The molecular formula is C47H31N3S. The van der Waals surface area contributed by atoms with E-state index in [0.29, 0.717) is 0 Å². The molecule has 10 aromatic rings. The fourth-order valence-electron chi connectivity index (χ4n) is 8.73. The summed E-state index contributed by atoms with van der Waals surface area (Å²) in [6, 6.07) is 54.5. The summed E-state index contributed by atoms with van der Waals surface area (Å²) in [5.41, 5.74) is 12.9. The van der Waals surface area contributed by atoms with E-state index in [4.69, 9.17) is 9.97 Å². The Morgan fingerprint density at radius 1 is 0.569 bits per heavy atom. The van der Waals surface area contributed by atoms with Gasteiger partial charge in [0.25, 0.3) is 0 Å². The van der Waals surface area contributed by atoms with Crippen molar-refractivity contribution < 1.29 is 0 Å². The molecule has 0 unspecified atom stereocenters. The summed E-state index contributed by atoms with van der Waals surface area (Å²) in [6.07, 6.45) is 0. The molecule has 0 atom stereocenters. The van der Waals surface area contributed by atoms with E-state index in [1.54, 1.807) is 0 Å². The Labute approximate surface area is 299 Å². The van der Waals surface area contributed by atoms with Crippen LogP contribution in [-0.2, 0) is 5.41 Å². The van der Waals surface area contributed by atoms with Crippen LogP contribution in [0.3, 0.4) is 0 Å². The molecule has 0 saturated heterocycles. The number of rotatable bonds is 3. The van der Waals surface area contributed by atoms with Gasteiger partial charge >= 0.3 is 0 Å². The highest BCUT2D eigenvalue weighted by atomic mass is 32.1. The molecule has 11 rings (SSSR count). The van der Waals surface area contributed by atoms with Gasteiger partial charge in [-0.25, -0.2) is 9.97 Å². The Kier molecular flexibility index (Phi) is 5.89. The molecule has 7 aromatic carbocycles. The summed E-state index contributed by atoms with van der Waals surface area (Å²) < 4.78 is 5.21. The Bertz CT molecular complexity index is 3040. The number of para-hydroxylation sites is 2. The van der Waals surface area contributed by atoms with Crippen LogP contribution >= 0.6 is 11.3 Å². The number of benzene rings is 7. The summed E-state index contributed by atoms with van der Waals surface area (Å²) in [5, 5.41) is 6.41. The maximum Gasteiger partial charge on any atom is 0.160 e. The van der Waals surface area contributed by atoms with Gasteiger partial charge in [0.1, 0.15) is 0 Å². The Balaban J connectivity index is 1.20. The molecule has 51 heavy (non-hydrogen) atoms. The van der Waals surface area contributed by atoms with Crippen LogP contribution in [0, 0.1) is 0 Å². The maximum atomic E-state index is 5.16. The van der Waals surface area contributed by atoms with E-state index in [9.17, 15) is 0 Å². The molecule has 1 aliphatic rings. The molecule has 1 aliphatic carbocycles. The standard InChI is InChI=1S/C47H31N3S/c1-47(2)35-20-10-6-16-31(35)39-40-34-19-9-13-23-38(34)51-45(40)41-33-18-8-12-22-37(33)50(44(41)42(39)47)30-26-24-29(25-27-30)46-48-36-21-11-7-17-32(36)43(49-46)28-14-4-3-5-15-28/h3-27H,1-2H3. The van der Waals surface area contributed by atoms with Crippen LogP contribution in [0.4, 0.5) is 0 Å². The minimum atomic E-state index is -0.194. The Morgan fingerprint density at radius 3 is 2.10 bits per heavy atom. The van der Waals surface area contributed by atoms with Gasteiger partial charge in [0.15, 0.2) is 5.82 Å². The van der Waals surface area contributed by atoms with E-state index in [0.717, 1.165) is 39.2 Å². The third-order valence-corrected chi connectivity index (χ3v) is 12.2. The van der Waals surface area contributed by atoms with Crippen molar-refractivity contribution in [2.75, 3.05) is 0 Å². The number of thiophene rings is 1. The first kappa shape index (κ1) is 28.7. The number of aromatic nitrogens is 3. The van der Waals surface area contributed by atoms with Crippen LogP contribution in [0.15, 0.2) is 152 Å². The van der Waals surface area contributed by atoms with Gasteiger partial charge in [-0.05, 0) is 64.7 Å². The molecule has 0 spiro atoms. The lowest BCUT2D eigenvalue weighted by atomic mass is 9.81. The van der Waals surface area contributed by atoms with E-state index in [1.807, 2.05) is 23.5 Å². The zero-order valence-electron chi connectivity index (χ0n) is 28.2. The molecule has 240 valence electrons. The first-order valence-electron chi connectivity index (χ1n) is 17.5. The van der Waals surface area contributed by atoms with Crippen molar-refractivity contribution in [3.05, 3.63) is 163 Å². The average molecular weight is 670 g/mol. The second kappa shape index (κ2) is 10.5. The van der Waals surface area contributed by atoms with Gasteiger partial charge in [-0.15, -0.1) is 11.3 Å². The van der Waals surface area contributed by atoms with Gasteiger partial charge in [0, 0.05) is 58.6 Å². The molecule has 0 fully saturated rings. The molecule has 0 amide bonds. The van der Waals surface area contributed by atoms with Gasteiger partial charge < -0.3 is 4.57 Å². The molecule has 4 heteroatoms. The minimum Gasteiger partial charge on any atom is -0.309 e. The third-order valence-electron chi connectivity index (χ3n) is 11.0. The Hall–Kier alpha value is -6.10. The lowest BCUT2D eigenvalue weighted by Gasteiger charge is -2.24. The number of hydrogen-bond acceptors (Lipinski definition) is 3. The van der Waals surface area contributed by atoms with Crippen LogP contribution in [0.2, 0.25) is 0 Å². The van der Waals surface area contributed by atoms with Crippen LogP contribution in [-0.4, -0.2) is 14.5 Å². The molecule has 0 radical (unpaired) electrons. The Morgan fingerprint density at radius 2 is 1.25 bits per heavy atom. The van der Waals surface area contributed by atoms with Crippen LogP contribution in [0.5, 0.6) is 0 Å². The third kappa shape index (κ3) is 3.94. The second-order valence-electron chi connectivity index (χ2n) is 14.1. The van der Waals surface area contributed by atoms with E-state index < -0.39 is 0 Å². The lowest BCUT2D eigenvalue weighted by Crippen LogP contribution is -2.16. The van der Waals surface area contributed by atoms with E-state index in [2.05, 4.69) is 158 Å². The molecule has 0 bridgehead atoms. The van der Waals surface area contributed by atoms with Gasteiger partial charge in [-0.2, -0.15) is 0 Å². The highest BCUT2D eigenvalue weighted by Gasteiger charge is 2.41. The molecule has 0 aliphatic heterocycles. The van der Waals surface area contributed by atoms with Gasteiger partial charge in [-0.1, -0.05) is 123 Å². The molecule has 0 N–H and O–H groups in total. The molecule has 3 aromatic heterocycles. The van der Waals surface area contributed by atoms with Crippen LogP contribution in [0.25, 0.3) is 92.3 Å². The fourth-order valence-corrected chi connectivity index (χ4v) is 10.00. The molecule has 0 saturated carbocycles. The summed E-state index contributed by atoms with van der Waals surface area (Å²) in [7, 11) is 0. The van der Waals surface area contributed by atoms with E-state index in [-0.39, 0.29) is 5.41 Å². The van der Waals surface area contributed by atoms with E-state index >= 15 is 0 Å². The van der Waals surface area contributed by atoms with Crippen LogP contribution < -0.4 is 0 Å². The SMILES string of the molecule is CC1(C)c2ccccc2-c2c1c1c(c3ccccc3n1-c1ccc(-c3nc(-c4ccccc4)c4ccccc4n3)cc1)c1sc3ccccc3c21. The molecule has 3 heterocycles. The van der Waals surface area contributed by atoms with Crippen molar-refractivity contribution >= 4 is 64.2 Å². The first-order chi connectivity index (χ1) is 25.1. The zero-order valence-corrected chi connectivity index (χ0v) is 29.0. The summed E-state index contributed by atoms with van der Waals surface area (Å²) >= 11 is 1.93. The first-order valence-corrected chi connectivity index (χ1v) is 18.3. The highest BCUT2D eigenvalue weighted by molar-refractivity contribution is 7.27. The normalized spacial score (nSPS) is 13.5. The second-order valence-corrected chi connectivity index (χ2v) is 15.2. The van der Waals surface area contributed by atoms with Crippen molar-refractivity contribution in [2.45, 2.75) is 19.3 Å².